The Morgan fingerprint density at radius 2 is 2.32 bits per heavy atom. The molecule has 4 heterocycles. The van der Waals surface area contributed by atoms with E-state index in [1.54, 1.807) is 24.0 Å². The molecule has 1 N–H and O–H groups in total. The number of methoxy groups -OCH3 is 1. The van der Waals surface area contributed by atoms with Crippen molar-refractivity contribution < 1.29 is 28.2 Å². The Bertz CT molecular complexity index is 853. The molecule has 0 spiro atoms. The highest BCUT2D eigenvalue weighted by atomic mass is 31.2. The molecule has 2 fully saturated rings. The first-order valence-electron chi connectivity index (χ1n) is 7.76. The predicted octanol–water partition coefficient (Wildman–Crippen LogP) is 0.648. The smallest absolute Gasteiger partial charge is 0.325 e. The monoisotopic (exact) mass is 370 g/mol. The maximum atomic E-state index is 11.8. The van der Waals surface area contributed by atoms with Crippen molar-refractivity contribution in [1.82, 2.24) is 19.5 Å². The third kappa shape index (κ3) is 2.79. The zero-order valence-corrected chi connectivity index (χ0v) is 14.9. The van der Waals surface area contributed by atoms with Crippen LogP contribution in [0.3, 0.4) is 0 Å². The maximum Gasteiger partial charge on any atom is 0.325 e. The highest BCUT2D eigenvalue weighted by molar-refractivity contribution is 7.51. The van der Waals surface area contributed by atoms with Crippen LogP contribution in [0, 0.1) is 6.92 Å². The Kier molecular flexibility index (Phi) is 3.95. The molecular formula is C14H19N4O6P. The lowest BCUT2D eigenvalue weighted by Crippen LogP contribution is -2.45. The predicted molar refractivity (Wildman–Crippen MR) is 85.2 cm³/mol. The summed E-state index contributed by atoms with van der Waals surface area (Å²) in [5.41, 5.74) is 0.263. The molecule has 2 aliphatic rings. The third-order valence-electron chi connectivity index (χ3n) is 4.38. The molecule has 11 heteroatoms. The van der Waals surface area contributed by atoms with E-state index in [-0.39, 0.29) is 13.2 Å². The Morgan fingerprint density at radius 1 is 1.52 bits per heavy atom. The molecule has 2 aromatic rings. The summed E-state index contributed by atoms with van der Waals surface area (Å²) >= 11 is 0. The van der Waals surface area contributed by atoms with Gasteiger partial charge in [-0.05, 0) is 6.92 Å². The molecule has 2 saturated heterocycles. The highest BCUT2D eigenvalue weighted by Gasteiger charge is 2.64. The summed E-state index contributed by atoms with van der Waals surface area (Å²) in [6.45, 7) is 3.31. The summed E-state index contributed by atoms with van der Waals surface area (Å²) in [5, 5.41) is 0. The number of aromatic nitrogens is 4. The molecule has 2 aromatic heterocycles. The number of aryl methyl sites for hydroxylation is 1. The number of hydrogen-bond acceptors (Lipinski definition) is 8. The topological polar surface area (TPSA) is 118 Å². The highest BCUT2D eigenvalue weighted by Crippen LogP contribution is 2.52. The van der Waals surface area contributed by atoms with Crippen molar-refractivity contribution in [3.8, 4) is 0 Å². The van der Waals surface area contributed by atoms with E-state index in [0.29, 0.717) is 17.0 Å². The van der Waals surface area contributed by atoms with Crippen molar-refractivity contribution in [3.63, 3.8) is 0 Å². The minimum atomic E-state index is -3.74. The summed E-state index contributed by atoms with van der Waals surface area (Å²) in [6, 6.07) is 0. The number of nitrogens with zero attached hydrogens (tertiary/aromatic N) is 4. The Balaban J connectivity index is 1.74. The molecule has 0 aromatic carbocycles. The van der Waals surface area contributed by atoms with E-state index in [2.05, 4.69) is 15.0 Å². The van der Waals surface area contributed by atoms with Gasteiger partial charge in [-0.25, -0.2) is 15.0 Å². The zero-order valence-electron chi connectivity index (χ0n) is 14.0. The molecule has 2 aliphatic heterocycles. The quantitative estimate of drug-likeness (QED) is 0.757. The lowest BCUT2D eigenvalue weighted by Gasteiger charge is -2.31. The second-order valence-corrected chi connectivity index (χ2v) is 8.21. The molecule has 25 heavy (non-hydrogen) atoms. The van der Waals surface area contributed by atoms with Crippen LogP contribution in [0.25, 0.3) is 11.2 Å². The van der Waals surface area contributed by atoms with Crippen LogP contribution in [0.5, 0.6) is 0 Å². The van der Waals surface area contributed by atoms with Gasteiger partial charge in [0.2, 0.25) is 0 Å². The van der Waals surface area contributed by atoms with E-state index in [9.17, 15) is 9.46 Å². The summed E-state index contributed by atoms with van der Waals surface area (Å²) in [4.78, 5) is 22.5. The van der Waals surface area contributed by atoms with Crippen LogP contribution < -0.4 is 0 Å². The van der Waals surface area contributed by atoms with Gasteiger partial charge in [0.05, 0.1) is 25.7 Å². The summed E-state index contributed by atoms with van der Waals surface area (Å²) in [6.07, 6.45) is 1.31. The molecule has 0 radical (unpaired) electrons. The van der Waals surface area contributed by atoms with Crippen molar-refractivity contribution in [1.29, 1.82) is 0 Å². The fourth-order valence-corrected chi connectivity index (χ4v) is 4.16. The summed E-state index contributed by atoms with van der Waals surface area (Å²) in [7, 11) is -2.21. The van der Waals surface area contributed by atoms with E-state index < -0.39 is 31.6 Å². The van der Waals surface area contributed by atoms with E-state index >= 15 is 0 Å². The van der Waals surface area contributed by atoms with Crippen molar-refractivity contribution in [2.24, 2.45) is 0 Å². The number of rotatable bonds is 5. The Hall–Kier alpha value is -1.42. The lowest BCUT2D eigenvalue weighted by atomic mass is 10.0. The first-order valence-corrected chi connectivity index (χ1v) is 9.79. The van der Waals surface area contributed by atoms with Crippen LogP contribution in [-0.4, -0.2) is 69.2 Å². The second kappa shape index (κ2) is 5.80. The molecule has 0 amide bonds. The fraction of sp³-hybridized carbons (Fsp3) is 0.643. The van der Waals surface area contributed by atoms with Gasteiger partial charge in [0.15, 0.2) is 11.9 Å². The van der Waals surface area contributed by atoms with E-state index in [4.69, 9.17) is 18.7 Å². The van der Waals surface area contributed by atoms with Gasteiger partial charge in [0.1, 0.15) is 29.2 Å². The minimum absolute atomic E-state index is 0.172. The standard InChI is InChI=1S/C14H19N4O6P/c1-8-15-4-9-12(17-8)18(7-16-9)13-10-11(24-25(3,19)20)14(23-13,5-21-2)6-22-10/h4,7,10-11,13H,5-6H2,1-3H3,(H,19,20)/t10-,11?,13+,14-/m0/s1. The van der Waals surface area contributed by atoms with E-state index in [0.717, 1.165) is 6.66 Å². The molecule has 2 bridgehead atoms. The van der Waals surface area contributed by atoms with Gasteiger partial charge in [-0.15, -0.1) is 0 Å². The van der Waals surface area contributed by atoms with E-state index in [1.165, 1.54) is 7.11 Å². The third-order valence-corrected chi connectivity index (χ3v) is 5.00. The number of imidazole rings is 1. The van der Waals surface area contributed by atoms with Crippen LogP contribution in [0.4, 0.5) is 0 Å². The van der Waals surface area contributed by atoms with Crippen LogP contribution in [0.1, 0.15) is 12.1 Å². The van der Waals surface area contributed by atoms with Gasteiger partial charge < -0.3 is 19.1 Å². The van der Waals surface area contributed by atoms with Crippen LogP contribution >= 0.6 is 7.60 Å². The largest absolute Gasteiger partial charge is 0.381 e. The van der Waals surface area contributed by atoms with Gasteiger partial charge in [0, 0.05) is 13.8 Å². The fourth-order valence-electron chi connectivity index (χ4n) is 3.43. The molecular weight excluding hydrogens is 351 g/mol. The molecule has 5 atom stereocenters. The maximum absolute atomic E-state index is 11.8. The van der Waals surface area contributed by atoms with Gasteiger partial charge in [-0.2, -0.15) is 0 Å². The van der Waals surface area contributed by atoms with Crippen molar-refractivity contribution in [3.05, 3.63) is 18.3 Å². The lowest BCUT2D eigenvalue weighted by molar-refractivity contribution is -0.188. The average molecular weight is 370 g/mol. The van der Waals surface area contributed by atoms with Crippen LogP contribution in [-0.2, 0) is 23.3 Å². The van der Waals surface area contributed by atoms with Gasteiger partial charge >= 0.3 is 7.60 Å². The minimum Gasteiger partial charge on any atom is -0.381 e. The Labute approximate surface area is 143 Å². The molecule has 136 valence electrons. The first-order chi connectivity index (χ1) is 11.8. The first kappa shape index (κ1) is 17.0. The summed E-state index contributed by atoms with van der Waals surface area (Å²) in [5.74, 6) is 0.603. The van der Waals surface area contributed by atoms with Gasteiger partial charge in [-0.3, -0.25) is 13.7 Å². The van der Waals surface area contributed by atoms with Crippen LogP contribution in [0.2, 0.25) is 0 Å². The SMILES string of the molecule is COC[C@]12CO[C@@H](C1OP(C)(=O)O)[C@H](n1cnc3cnc(C)nc31)O2. The molecule has 2 unspecified atom stereocenters. The number of fused-ring (bicyclic) bond motifs is 3. The molecule has 10 nitrogen and oxygen atoms in total. The van der Waals surface area contributed by atoms with Crippen molar-refractivity contribution >= 4 is 18.8 Å². The average Bonchev–Trinajstić information content (AvgIpc) is 3.16. The van der Waals surface area contributed by atoms with Gasteiger partial charge in [-0.1, -0.05) is 0 Å². The zero-order chi connectivity index (χ0) is 17.8. The summed E-state index contributed by atoms with van der Waals surface area (Å²) < 4.78 is 36.3. The van der Waals surface area contributed by atoms with Crippen LogP contribution in [0.15, 0.2) is 12.5 Å². The van der Waals surface area contributed by atoms with E-state index in [1.807, 2.05) is 0 Å². The number of ether oxygens (including phenoxy) is 3. The molecule has 4 rings (SSSR count). The molecule has 0 saturated carbocycles. The molecule has 0 aliphatic carbocycles. The second-order valence-electron chi connectivity index (χ2n) is 6.39. The van der Waals surface area contributed by atoms with Gasteiger partial charge in [0.25, 0.3) is 0 Å². The Morgan fingerprint density at radius 3 is 3.04 bits per heavy atom. The van der Waals surface area contributed by atoms with Crippen molar-refractivity contribution in [2.75, 3.05) is 27.0 Å². The normalized spacial score (nSPS) is 33.8. The number of hydrogen-bond donors (Lipinski definition) is 1. The van der Waals surface area contributed by atoms with Crippen molar-refractivity contribution in [2.45, 2.75) is 31.0 Å².